The molecule has 0 aliphatic heterocycles. The van der Waals surface area contributed by atoms with Gasteiger partial charge in [-0.3, -0.25) is 0 Å². The van der Waals surface area contributed by atoms with Crippen molar-refractivity contribution in [3.8, 4) is 11.5 Å². The molecule has 2 N–H and O–H groups in total. The highest BCUT2D eigenvalue weighted by Crippen LogP contribution is 2.31. The van der Waals surface area contributed by atoms with E-state index < -0.39 is 0 Å². The molecular formula is C16H18N2O2. The molecule has 0 aromatic heterocycles. The van der Waals surface area contributed by atoms with Gasteiger partial charge >= 0.3 is 0 Å². The number of nitrogens with zero attached hydrogens (tertiary/aromatic N) is 2. The molecule has 0 saturated heterocycles. The lowest BCUT2D eigenvalue weighted by Gasteiger charge is -2.18. The van der Waals surface area contributed by atoms with E-state index in [9.17, 15) is 10.2 Å². The van der Waals surface area contributed by atoms with Crippen molar-refractivity contribution in [2.24, 2.45) is 10.2 Å². The summed E-state index contributed by atoms with van der Waals surface area (Å²) in [6.07, 6.45) is 0. The normalized spacial score (nSPS) is 11.9. The van der Waals surface area contributed by atoms with Crippen molar-refractivity contribution in [2.75, 3.05) is 0 Å². The number of rotatable bonds is 2. The second-order valence-electron chi connectivity index (χ2n) is 5.67. The Bertz CT molecular complexity index is 626. The second-order valence-corrected chi connectivity index (χ2v) is 5.67. The topological polar surface area (TPSA) is 65.2 Å². The fourth-order valence-electron chi connectivity index (χ4n) is 1.74. The van der Waals surface area contributed by atoms with Crippen molar-refractivity contribution in [3.63, 3.8) is 0 Å². The average Bonchev–Trinajstić information content (AvgIpc) is 2.37. The lowest BCUT2D eigenvalue weighted by Crippen LogP contribution is -2.10. The van der Waals surface area contributed by atoms with Crippen LogP contribution in [0.3, 0.4) is 0 Å². The Kier molecular flexibility index (Phi) is 3.74. The third kappa shape index (κ3) is 3.35. The molecule has 2 aromatic rings. The Morgan fingerprint density at radius 3 is 2.05 bits per heavy atom. The van der Waals surface area contributed by atoms with Crippen LogP contribution in [0.1, 0.15) is 26.3 Å². The van der Waals surface area contributed by atoms with E-state index in [1.807, 2.05) is 24.3 Å². The maximum Gasteiger partial charge on any atom is 0.146 e. The molecule has 0 bridgehead atoms. The number of azo groups is 1. The number of aromatic hydroxyl groups is 2. The third-order valence-corrected chi connectivity index (χ3v) is 2.97. The van der Waals surface area contributed by atoms with Gasteiger partial charge in [0.25, 0.3) is 0 Å². The zero-order chi connectivity index (χ0) is 14.8. The van der Waals surface area contributed by atoms with E-state index in [1.54, 1.807) is 0 Å². The van der Waals surface area contributed by atoms with E-state index in [1.165, 1.54) is 23.8 Å². The van der Waals surface area contributed by atoms with Gasteiger partial charge in [-0.1, -0.05) is 32.9 Å². The maximum absolute atomic E-state index is 9.61. The van der Waals surface area contributed by atoms with E-state index in [0.29, 0.717) is 11.4 Å². The summed E-state index contributed by atoms with van der Waals surface area (Å²) in [7, 11) is 0. The summed E-state index contributed by atoms with van der Waals surface area (Å²) in [5.41, 5.74) is 2.36. The molecule has 2 aromatic carbocycles. The molecule has 20 heavy (non-hydrogen) atoms. The molecule has 0 saturated carbocycles. The van der Waals surface area contributed by atoms with Gasteiger partial charge in [0.2, 0.25) is 0 Å². The van der Waals surface area contributed by atoms with Crippen LogP contribution in [0.4, 0.5) is 11.4 Å². The summed E-state index contributed by atoms with van der Waals surface area (Å²) in [4.78, 5) is 0. The minimum Gasteiger partial charge on any atom is -0.508 e. The van der Waals surface area contributed by atoms with Crippen LogP contribution in [0, 0.1) is 0 Å². The van der Waals surface area contributed by atoms with Gasteiger partial charge in [0.15, 0.2) is 0 Å². The number of phenolic OH excluding ortho intramolecular Hbond substituents is 2. The van der Waals surface area contributed by atoms with Crippen molar-refractivity contribution in [1.82, 2.24) is 0 Å². The fraction of sp³-hybridized carbons (Fsp3) is 0.250. The van der Waals surface area contributed by atoms with Gasteiger partial charge in [-0.2, -0.15) is 5.11 Å². The van der Waals surface area contributed by atoms with Crippen LogP contribution in [0.2, 0.25) is 0 Å². The maximum atomic E-state index is 9.61. The summed E-state index contributed by atoms with van der Waals surface area (Å²) in [5.74, 6) is -0.101. The summed E-state index contributed by atoms with van der Waals surface area (Å²) in [6, 6.07) is 12.0. The van der Waals surface area contributed by atoms with Crippen LogP contribution >= 0.6 is 0 Å². The largest absolute Gasteiger partial charge is 0.508 e. The van der Waals surface area contributed by atoms with Crippen molar-refractivity contribution >= 4 is 11.4 Å². The van der Waals surface area contributed by atoms with Gasteiger partial charge in [-0.15, -0.1) is 5.11 Å². The standard InChI is InChI=1S/C16H18N2O2/c1-16(2,3)11-4-6-12(7-5-11)17-18-14-9-8-13(19)10-15(14)20/h4-10,19-20H,1-3H3. The van der Waals surface area contributed by atoms with Gasteiger partial charge in [0.1, 0.15) is 17.2 Å². The smallest absolute Gasteiger partial charge is 0.146 e. The molecule has 0 fully saturated rings. The van der Waals surface area contributed by atoms with Crippen LogP contribution < -0.4 is 0 Å². The zero-order valence-corrected chi connectivity index (χ0v) is 11.8. The van der Waals surface area contributed by atoms with Gasteiger partial charge in [-0.05, 0) is 35.2 Å². The van der Waals surface area contributed by atoms with Crippen LogP contribution in [0.5, 0.6) is 11.5 Å². The van der Waals surface area contributed by atoms with E-state index in [-0.39, 0.29) is 16.9 Å². The highest BCUT2D eigenvalue weighted by atomic mass is 16.3. The molecule has 0 aliphatic carbocycles. The molecule has 0 atom stereocenters. The molecule has 4 nitrogen and oxygen atoms in total. The van der Waals surface area contributed by atoms with Gasteiger partial charge < -0.3 is 10.2 Å². The van der Waals surface area contributed by atoms with Gasteiger partial charge in [-0.25, -0.2) is 0 Å². The molecule has 0 heterocycles. The average molecular weight is 270 g/mol. The number of hydrogen-bond donors (Lipinski definition) is 2. The van der Waals surface area contributed by atoms with E-state index in [4.69, 9.17) is 0 Å². The molecule has 0 amide bonds. The monoisotopic (exact) mass is 270 g/mol. The predicted molar refractivity (Wildman–Crippen MR) is 79.1 cm³/mol. The SMILES string of the molecule is CC(C)(C)c1ccc(N=Nc2ccc(O)cc2O)cc1. The first-order valence-corrected chi connectivity index (χ1v) is 6.40. The lowest BCUT2D eigenvalue weighted by atomic mass is 9.87. The number of phenols is 2. The number of hydrogen-bond acceptors (Lipinski definition) is 4. The second kappa shape index (κ2) is 5.33. The van der Waals surface area contributed by atoms with Crippen LogP contribution in [0.25, 0.3) is 0 Å². The molecule has 0 spiro atoms. The van der Waals surface area contributed by atoms with Crippen LogP contribution in [-0.4, -0.2) is 10.2 Å². The molecule has 2 rings (SSSR count). The van der Waals surface area contributed by atoms with E-state index in [2.05, 4.69) is 31.0 Å². The zero-order valence-electron chi connectivity index (χ0n) is 11.8. The van der Waals surface area contributed by atoms with Crippen molar-refractivity contribution in [2.45, 2.75) is 26.2 Å². The lowest BCUT2D eigenvalue weighted by molar-refractivity contribution is 0.451. The van der Waals surface area contributed by atoms with E-state index >= 15 is 0 Å². The minimum atomic E-state index is -0.0972. The fourth-order valence-corrected chi connectivity index (χ4v) is 1.74. The minimum absolute atomic E-state index is 0.00372. The Hall–Kier alpha value is -2.36. The molecule has 0 aliphatic rings. The quantitative estimate of drug-likeness (QED) is 0.769. The summed E-state index contributed by atoms with van der Waals surface area (Å²) in [5, 5.41) is 26.9. The van der Waals surface area contributed by atoms with Crippen molar-refractivity contribution in [3.05, 3.63) is 48.0 Å². The Morgan fingerprint density at radius 1 is 0.850 bits per heavy atom. The highest BCUT2D eigenvalue weighted by molar-refractivity contribution is 5.54. The van der Waals surface area contributed by atoms with E-state index in [0.717, 1.165) is 0 Å². The highest BCUT2D eigenvalue weighted by Gasteiger charge is 2.12. The third-order valence-electron chi connectivity index (χ3n) is 2.97. The molecule has 0 unspecified atom stereocenters. The first kappa shape index (κ1) is 14.1. The van der Waals surface area contributed by atoms with Crippen LogP contribution in [-0.2, 0) is 5.41 Å². The Morgan fingerprint density at radius 2 is 1.50 bits per heavy atom. The van der Waals surface area contributed by atoms with Crippen LogP contribution in [0.15, 0.2) is 52.7 Å². The first-order chi connectivity index (χ1) is 9.36. The van der Waals surface area contributed by atoms with Gasteiger partial charge in [0, 0.05) is 6.07 Å². The summed E-state index contributed by atoms with van der Waals surface area (Å²) in [6.45, 7) is 6.45. The Balaban J connectivity index is 2.19. The van der Waals surface area contributed by atoms with Crippen molar-refractivity contribution < 1.29 is 10.2 Å². The van der Waals surface area contributed by atoms with Crippen molar-refractivity contribution in [1.29, 1.82) is 0 Å². The molecule has 104 valence electrons. The Labute approximate surface area is 118 Å². The first-order valence-electron chi connectivity index (χ1n) is 6.40. The molecule has 4 heteroatoms. The summed E-state index contributed by atoms with van der Waals surface area (Å²) >= 11 is 0. The molecule has 0 radical (unpaired) electrons. The predicted octanol–water partition coefficient (Wildman–Crippen LogP) is 4.81. The number of benzene rings is 2. The molecular weight excluding hydrogens is 252 g/mol. The summed E-state index contributed by atoms with van der Waals surface area (Å²) < 4.78 is 0. The van der Waals surface area contributed by atoms with Gasteiger partial charge in [0.05, 0.1) is 5.69 Å².